The Kier molecular flexibility index (Phi) is 3.91. The number of ether oxygens (including phenoxy) is 3. The van der Waals surface area contributed by atoms with E-state index in [4.69, 9.17) is 19.3 Å². The zero-order chi connectivity index (χ0) is 16.6. The maximum absolute atomic E-state index is 12.6. The van der Waals surface area contributed by atoms with Crippen LogP contribution in [0, 0.1) is 0 Å². The molecule has 0 bridgehead atoms. The third kappa shape index (κ3) is 2.61. The number of hydrogen-bond donors (Lipinski definition) is 1. The normalized spacial score (nSPS) is 12.9. The first-order valence-electron chi connectivity index (χ1n) is 7.17. The van der Waals surface area contributed by atoms with E-state index in [0.717, 1.165) is 0 Å². The van der Waals surface area contributed by atoms with Crippen molar-refractivity contribution in [2.75, 3.05) is 20.0 Å². The van der Waals surface area contributed by atoms with E-state index in [1.54, 1.807) is 16.8 Å². The Morgan fingerprint density at radius 1 is 1.39 bits per heavy atom. The number of esters is 1. The van der Waals surface area contributed by atoms with E-state index >= 15 is 0 Å². The molecule has 1 aliphatic heterocycles. The average Bonchev–Trinajstić information content (AvgIpc) is 2.98. The van der Waals surface area contributed by atoms with Gasteiger partial charge >= 0.3 is 5.97 Å². The van der Waals surface area contributed by atoms with Crippen LogP contribution in [0.1, 0.15) is 30.4 Å². The molecule has 8 nitrogen and oxygen atoms in total. The number of carbonyl (C=O) groups is 1. The Morgan fingerprint density at radius 3 is 2.74 bits per heavy atom. The van der Waals surface area contributed by atoms with Crippen LogP contribution in [0.4, 0.5) is 0 Å². The third-order valence-corrected chi connectivity index (χ3v) is 3.41. The first-order valence-corrected chi connectivity index (χ1v) is 7.17. The molecule has 23 heavy (non-hydrogen) atoms. The SMILES string of the molecule is CC(C)n1nc(C(=O)OCCO)c(=O)c2cc3c(cc21)OCO3. The highest BCUT2D eigenvalue weighted by molar-refractivity contribution is 5.92. The Bertz CT molecular complexity index is 827. The molecule has 0 spiro atoms. The molecule has 0 saturated carbocycles. The molecule has 2 aromatic rings. The number of carbonyl (C=O) groups excluding carboxylic acids is 1. The van der Waals surface area contributed by atoms with Crippen molar-refractivity contribution in [3.63, 3.8) is 0 Å². The van der Waals surface area contributed by atoms with Gasteiger partial charge in [0.25, 0.3) is 0 Å². The van der Waals surface area contributed by atoms with Crippen LogP contribution in [0.2, 0.25) is 0 Å². The summed E-state index contributed by atoms with van der Waals surface area (Å²) in [6.07, 6.45) is 0. The summed E-state index contributed by atoms with van der Waals surface area (Å²) in [6.45, 7) is 3.33. The number of benzene rings is 1. The van der Waals surface area contributed by atoms with E-state index in [0.29, 0.717) is 22.4 Å². The lowest BCUT2D eigenvalue weighted by molar-refractivity contribution is 0.0422. The first kappa shape index (κ1) is 15.3. The Labute approximate surface area is 131 Å². The van der Waals surface area contributed by atoms with E-state index in [1.807, 2.05) is 13.8 Å². The molecule has 0 saturated heterocycles. The van der Waals surface area contributed by atoms with E-state index in [9.17, 15) is 9.59 Å². The zero-order valence-electron chi connectivity index (χ0n) is 12.7. The summed E-state index contributed by atoms with van der Waals surface area (Å²) in [6, 6.07) is 3.13. The highest BCUT2D eigenvalue weighted by atomic mass is 16.7. The number of fused-ring (bicyclic) bond motifs is 2. The van der Waals surface area contributed by atoms with Gasteiger partial charge < -0.3 is 19.3 Å². The van der Waals surface area contributed by atoms with Crippen molar-refractivity contribution in [1.82, 2.24) is 9.78 Å². The third-order valence-electron chi connectivity index (χ3n) is 3.41. The van der Waals surface area contributed by atoms with Crippen molar-refractivity contribution in [1.29, 1.82) is 0 Å². The Hall–Kier alpha value is -2.61. The maximum atomic E-state index is 12.6. The van der Waals surface area contributed by atoms with Gasteiger partial charge in [0.05, 0.1) is 17.5 Å². The highest BCUT2D eigenvalue weighted by Gasteiger charge is 2.23. The lowest BCUT2D eigenvalue weighted by Crippen LogP contribution is -2.26. The van der Waals surface area contributed by atoms with E-state index in [-0.39, 0.29) is 31.7 Å². The smallest absolute Gasteiger partial charge is 0.363 e. The molecule has 0 aliphatic carbocycles. The molecule has 122 valence electrons. The lowest BCUT2D eigenvalue weighted by Gasteiger charge is -2.15. The molecule has 1 aromatic carbocycles. The molecule has 1 aliphatic rings. The van der Waals surface area contributed by atoms with Gasteiger partial charge in [-0.05, 0) is 19.9 Å². The van der Waals surface area contributed by atoms with Crippen LogP contribution < -0.4 is 14.9 Å². The molecule has 0 radical (unpaired) electrons. The number of aromatic nitrogens is 2. The molecule has 0 fully saturated rings. The van der Waals surface area contributed by atoms with Gasteiger partial charge in [-0.25, -0.2) is 4.79 Å². The van der Waals surface area contributed by atoms with Crippen LogP contribution in [0.15, 0.2) is 16.9 Å². The van der Waals surface area contributed by atoms with Crippen LogP contribution in [-0.2, 0) is 4.74 Å². The number of aliphatic hydroxyl groups excluding tert-OH is 1. The molecular weight excluding hydrogens is 304 g/mol. The van der Waals surface area contributed by atoms with Gasteiger partial charge in [0.2, 0.25) is 17.9 Å². The summed E-state index contributed by atoms with van der Waals surface area (Å²) in [4.78, 5) is 24.6. The molecular formula is C15H16N2O6. The van der Waals surface area contributed by atoms with Gasteiger partial charge in [0, 0.05) is 12.1 Å². The summed E-state index contributed by atoms with van der Waals surface area (Å²) in [5, 5.41) is 13.2. The van der Waals surface area contributed by atoms with Crippen LogP contribution >= 0.6 is 0 Å². The van der Waals surface area contributed by atoms with Crippen molar-refractivity contribution in [2.45, 2.75) is 19.9 Å². The molecule has 0 atom stereocenters. The minimum absolute atomic E-state index is 0.0837. The molecule has 2 heterocycles. The molecule has 1 N–H and O–H groups in total. The number of hydrogen-bond acceptors (Lipinski definition) is 7. The van der Waals surface area contributed by atoms with Crippen LogP contribution in [-0.4, -0.2) is 40.9 Å². The number of rotatable bonds is 4. The van der Waals surface area contributed by atoms with Gasteiger partial charge in [-0.3, -0.25) is 9.48 Å². The predicted octanol–water partition coefficient (Wildman–Crippen LogP) is 0.855. The zero-order valence-corrected chi connectivity index (χ0v) is 12.7. The van der Waals surface area contributed by atoms with E-state index in [2.05, 4.69) is 5.10 Å². The van der Waals surface area contributed by atoms with Crippen molar-refractivity contribution in [2.24, 2.45) is 0 Å². The summed E-state index contributed by atoms with van der Waals surface area (Å²) in [7, 11) is 0. The number of aliphatic hydroxyl groups is 1. The molecule has 1 aromatic heterocycles. The second kappa shape index (κ2) is 5.88. The fourth-order valence-electron chi connectivity index (χ4n) is 2.37. The summed E-state index contributed by atoms with van der Waals surface area (Å²) in [5.41, 5.74) is -0.315. The second-order valence-electron chi connectivity index (χ2n) is 5.30. The highest BCUT2D eigenvalue weighted by Crippen LogP contribution is 2.35. The molecule has 8 heteroatoms. The van der Waals surface area contributed by atoms with Crippen LogP contribution in [0.25, 0.3) is 10.9 Å². The standard InChI is InChI=1S/C15H16N2O6/c1-8(2)17-10-6-12-11(22-7-23-12)5-9(10)14(19)13(16-17)15(20)21-4-3-18/h5-6,8,18H,3-4,7H2,1-2H3. The van der Waals surface area contributed by atoms with Gasteiger partial charge in [0.1, 0.15) is 6.61 Å². The summed E-state index contributed by atoms with van der Waals surface area (Å²) < 4.78 is 17.0. The van der Waals surface area contributed by atoms with Gasteiger partial charge in [-0.15, -0.1) is 0 Å². The summed E-state index contributed by atoms with van der Waals surface area (Å²) in [5.74, 6) is 0.118. The quantitative estimate of drug-likeness (QED) is 0.834. The fraction of sp³-hybridized carbons (Fsp3) is 0.400. The van der Waals surface area contributed by atoms with Crippen molar-refractivity contribution < 1.29 is 24.1 Å². The van der Waals surface area contributed by atoms with Gasteiger partial charge in [-0.2, -0.15) is 5.10 Å². The topological polar surface area (TPSA) is 99.9 Å². The Balaban J connectivity index is 2.23. The monoisotopic (exact) mass is 320 g/mol. The second-order valence-corrected chi connectivity index (χ2v) is 5.30. The molecule has 3 rings (SSSR count). The number of nitrogens with zero attached hydrogens (tertiary/aromatic N) is 2. The van der Waals surface area contributed by atoms with Crippen LogP contribution in [0.3, 0.4) is 0 Å². The van der Waals surface area contributed by atoms with Crippen LogP contribution in [0.5, 0.6) is 11.5 Å². The average molecular weight is 320 g/mol. The largest absolute Gasteiger partial charge is 0.458 e. The lowest BCUT2D eigenvalue weighted by atomic mass is 10.1. The minimum atomic E-state index is -0.863. The molecule has 0 unspecified atom stereocenters. The van der Waals surface area contributed by atoms with Gasteiger partial charge in [0.15, 0.2) is 11.5 Å². The maximum Gasteiger partial charge on any atom is 0.363 e. The van der Waals surface area contributed by atoms with Crippen molar-refractivity contribution >= 4 is 16.9 Å². The minimum Gasteiger partial charge on any atom is -0.458 e. The van der Waals surface area contributed by atoms with Crippen molar-refractivity contribution in [3.8, 4) is 11.5 Å². The Morgan fingerprint density at radius 2 is 2.09 bits per heavy atom. The first-order chi connectivity index (χ1) is 11.0. The van der Waals surface area contributed by atoms with E-state index in [1.165, 1.54) is 0 Å². The summed E-state index contributed by atoms with van der Waals surface area (Å²) >= 11 is 0. The van der Waals surface area contributed by atoms with Crippen molar-refractivity contribution in [3.05, 3.63) is 28.0 Å². The predicted molar refractivity (Wildman–Crippen MR) is 79.9 cm³/mol. The van der Waals surface area contributed by atoms with Gasteiger partial charge in [-0.1, -0.05) is 0 Å². The fourth-order valence-corrected chi connectivity index (χ4v) is 2.37. The van der Waals surface area contributed by atoms with E-state index < -0.39 is 11.4 Å². The molecule has 0 amide bonds.